The predicted octanol–water partition coefficient (Wildman–Crippen LogP) is 2.20. The quantitative estimate of drug-likeness (QED) is 0.741. The zero-order chi connectivity index (χ0) is 11.3. The average Bonchev–Trinajstić information content (AvgIpc) is 2.16. The van der Waals surface area contributed by atoms with Crippen LogP contribution in [0.3, 0.4) is 0 Å². The highest BCUT2D eigenvalue weighted by molar-refractivity contribution is 5.80. The van der Waals surface area contributed by atoms with Gasteiger partial charge in [-0.25, -0.2) is 9.97 Å². The van der Waals surface area contributed by atoms with Gasteiger partial charge in [-0.15, -0.1) is 0 Å². The van der Waals surface area contributed by atoms with E-state index in [0.29, 0.717) is 18.8 Å². The summed E-state index contributed by atoms with van der Waals surface area (Å²) in [7, 11) is 0. The second kappa shape index (κ2) is 5.59. The summed E-state index contributed by atoms with van der Waals surface area (Å²) < 4.78 is 0. The molecule has 0 aromatic carbocycles. The van der Waals surface area contributed by atoms with Crippen molar-refractivity contribution in [2.75, 3.05) is 0 Å². The van der Waals surface area contributed by atoms with Crippen LogP contribution in [-0.4, -0.2) is 15.8 Å². The Labute approximate surface area is 91.0 Å². The van der Waals surface area contributed by atoms with Gasteiger partial charge in [0.25, 0.3) is 0 Å². The molecular weight excluding hydrogens is 188 g/mol. The number of Topliss-reactive ketones (excluding diaryl/α,β-unsaturated/α-hetero) is 1. The van der Waals surface area contributed by atoms with E-state index in [2.05, 4.69) is 23.8 Å². The third kappa shape index (κ3) is 4.19. The van der Waals surface area contributed by atoms with Crippen LogP contribution in [0.2, 0.25) is 0 Å². The Morgan fingerprint density at radius 2 is 2.00 bits per heavy atom. The van der Waals surface area contributed by atoms with Gasteiger partial charge in [-0.05, 0) is 18.4 Å². The summed E-state index contributed by atoms with van der Waals surface area (Å²) >= 11 is 0. The number of rotatable bonds is 5. The molecule has 1 aromatic rings. The minimum Gasteiger partial charge on any atom is -0.299 e. The zero-order valence-corrected chi connectivity index (χ0v) is 9.66. The second-order valence-electron chi connectivity index (χ2n) is 4.17. The van der Waals surface area contributed by atoms with E-state index >= 15 is 0 Å². The second-order valence-corrected chi connectivity index (χ2v) is 4.17. The van der Waals surface area contributed by atoms with Crippen molar-refractivity contribution < 1.29 is 4.79 Å². The van der Waals surface area contributed by atoms with Crippen molar-refractivity contribution in [3.8, 4) is 0 Å². The smallest absolute Gasteiger partial charge is 0.139 e. The van der Waals surface area contributed by atoms with Crippen LogP contribution in [0.5, 0.6) is 0 Å². The number of nitrogens with zero attached hydrogens (tertiary/aromatic N) is 2. The molecule has 0 saturated heterocycles. The van der Waals surface area contributed by atoms with Crippen LogP contribution in [-0.2, 0) is 17.6 Å². The molecule has 0 bridgehead atoms. The molecule has 0 aliphatic carbocycles. The van der Waals surface area contributed by atoms with Gasteiger partial charge in [-0.3, -0.25) is 4.79 Å². The lowest BCUT2D eigenvalue weighted by atomic mass is 10.0. The van der Waals surface area contributed by atoms with E-state index in [-0.39, 0.29) is 5.78 Å². The highest BCUT2D eigenvalue weighted by Gasteiger charge is 2.07. The number of hydrogen-bond donors (Lipinski definition) is 0. The molecule has 15 heavy (non-hydrogen) atoms. The highest BCUT2D eigenvalue weighted by Crippen LogP contribution is 2.06. The molecule has 1 aromatic heterocycles. The van der Waals surface area contributed by atoms with Crippen molar-refractivity contribution >= 4 is 5.78 Å². The van der Waals surface area contributed by atoms with Crippen LogP contribution < -0.4 is 0 Å². The Morgan fingerprint density at radius 1 is 1.33 bits per heavy atom. The summed E-state index contributed by atoms with van der Waals surface area (Å²) in [6, 6.07) is 1.91. The minimum absolute atomic E-state index is 0.255. The first-order chi connectivity index (χ1) is 7.11. The number of carbonyl (C=O) groups is 1. The molecule has 0 aliphatic rings. The summed E-state index contributed by atoms with van der Waals surface area (Å²) in [6.07, 6.45) is 3.49. The maximum absolute atomic E-state index is 11.6. The van der Waals surface area contributed by atoms with Crippen molar-refractivity contribution in [3.63, 3.8) is 0 Å². The molecule has 3 nitrogen and oxygen atoms in total. The summed E-state index contributed by atoms with van der Waals surface area (Å²) in [5.41, 5.74) is 1.84. The van der Waals surface area contributed by atoms with Crippen LogP contribution in [0, 0.1) is 5.92 Å². The topological polar surface area (TPSA) is 42.9 Å². The fraction of sp³-hybridized carbons (Fsp3) is 0.583. The monoisotopic (exact) mass is 206 g/mol. The molecule has 3 heteroatoms. The maximum atomic E-state index is 11.6. The first-order valence-electron chi connectivity index (χ1n) is 5.43. The Kier molecular flexibility index (Phi) is 4.40. The third-order valence-electron chi connectivity index (χ3n) is 2.16. The first-order valence-corrected chi connectivity index (χ1v) is 5.43. The Balaban J connectivity index is 2.60. The van der Waals surface area contributed by atoms with Gasteiger partial charge in [0.2, 0.25) is 0 Å². The van der Waals surface area contributed by atoms with Crippen LogP contribution in [0.4, 0.5) is 0 Å². The average molecular weight is 206 g/mol. The first kappa shape index (κ1) is 11.8. The van der Waals surface area contributed by atoms with Crippen molar-refractivity contribution in [1.29, 1.82) is 0 Å². The number of aryl methyl sites for hydroxylation is 1. The van der Waals surface area contributed by atoms with Crippen LogP contribution in [0.15, 0.2) is 12.4 Å². The molecular formula is C12H18N2O. The van der Waals surface area contributed by atoms with E-state index in [1.165, 1.54) is 6.33 Å². The summed E-state index contributed by atoms with van der Waals surface area (Å²) in [6.45, 7) is 6.15. The molecule has 1 rings (SSSR count). The minimum atomic E-state index is 0.255. The van der Waals surface area contributed by atoms with Gasteiger partial charge in [0.1, 0.15) is 12.1 Å². The predicted molar refractivity (Wildman–Crippen MR) is 59.6 cm³/mol. The van der Waals surface area contributed by atoms with Crippen molar-refractivity contribution in [2.45, 2.75) is 40.0 Å². The zero-order valence-electron chi connectivity index (χ0n) is 9.66. The van der Waals surface area contributed by atoms with Crippen molar-refractivity contribution in [1.82, 2.24) is 9.97 Å². The third-order valence-corrected chi connectivity index (χ3v) is 2.16. The van der Waals surface area contributed by atoms with E-state index in [4.69, 9.17) is 0 Å². The van der Waals surface area contributed by atoms with Crippen LogP contribution in [0.1, 0.15) is 38.6 Å². The number of carbonyl (C=O) groups excluding carboxylic acids is 1. The molecule has 1 heterocycles. The maximum Gasteiger partial charge on any atom is 0.139 e. The lowest BCUT2D eigenvalue weighted by Crippen LogP contribution is -2.08. The normalized spacial score (nSPS) is 10.7. The number of hydrogen-bond acceptors (Lipinski definition) is 3. The molecule has 0 N–H and O–H groups in total. The summed E-state index contributed by atoms with van der Waals surface area (Å²) in [4.78, 5) is 19.8. The molecule has 0 unspecified atom stereocenters. The van der Waals surface area contributed by atoms with E-state index in [0.717, 1.165) is 17.8 Å². The number of aromatic nitrogens is 2. The van der Waals surface area contributed by atoms with Crippen molar-refractivity contribution in [3.05, 3.63) is 23.8 Å². The van der Waals surface area contributed by atoms with Gasteiger partial charge in [0, 0.05) is 18.5 Å². The fourth-order valence-corrected chi connectivity index (χ4v) is 1.46. The molecule has 0 saturated carbocycles. The van der Waals surface area contributed by atoms with E-state index < -0.39 is 0 Å². The highest BCUT2D eigenvalue weighted by atomic mass is 16.1. The largest absolute Gasteiger partial charge is 0.299 e. The lowest BCUT2D eigenvalue weighted by Gasteiger charge is -2.04. The molecule has 0 atom stereocenters. The van der Waals surface area contributed by atoms with E-state index in [1.807, 2.05) is 13.0 Å². The van der Waals surface area contributed by atoms with Gasteiger partial charge in [-0.1, -0.05) is 20.8 Å². The Morgan fingerprint density at radius 3 is 2.60 bits per heavy atom. The Hall–Kier alpha value is -1.25. The Bertz CT molecular complexity index is 334. The van der Waals surface area contributed by atoms with Gasteiger partial charge in [0.15, 0.2) is 0 Å². The van der Waals surface area contributed by atoms with Crippen LogP contribution in [0.25, 0.3) is 0 Å². The fourth-order valence-electron chi connectivity index (χ4n) is 1.46. The molecule has 0 radical (unpaired) electrons. The summed E-state index contributed by atoms with van der Waals surface area (Å²) in [5.74, 6) is 0.677. The summed E-state index contributed by atoms with van der Waals surface area (Å²) in [5, 5.41) is 0. The molecule has 0 aliphatic heterocycles. The molecule has 0 fully saturated rings. The van der Waals surface area contributed by atoms with E-state index in [1.54, 1.807) is 0 Å². The molecule has 82 valence electrons. The van der Waals surface area contributed by atoms with Gasteiger partial charge < -0.3 is 0 Å². The van der Waals surface area contributed by atoms with E-state index in [9.17, 15) is 4.79 Å². The molecule has 0 spiro atoms. The van der Waals surface area contributed by atoms with Crippen molar-refractivity contribution in [2.24, 2.45) is 5.92 Å². The standard InChI is InChI=1S/C12H18N2O/c1-4-10-6-11(14-8-13-10)7-12(15)5-9(2)3/h6,8-9H,4-5,7H2,1-3H3. The van der Waals surface area contributed by atoms with Crippen LogP contribution >= 0.6 is 0 Å². The number of ketones is 1. The SMILES string of the molecule is CCc1cc(CC(=O)CC(C)C)ncn1. The van der Waals surface area contributed by atoms with Gasteiger partial charge in [-0.2, -0.15) is 0 Å². The van der Waals surface area contributed by atoms with Gasteiger partial charge in [0.05, 0.1) is 5.69 Å². The molecule has 0 amide bonds. The van der Waals surface area contributed by atoms with Gasteiger partial charge >= 0.3 is 0 Å². The lowest BCUT2D eigenvalue weighted by molar-refractivity contribution is -0.119.